The van der Waals surface area contributed by atoms with Gasteiger partial charge in [0, 0.05) is 16.5 Å². The lowest BCUT2D eigenvalue weighted by Gasteiger charge is -2.20. The van der Waals surface area contributed by atoms with Crippen LogP contribution in [0.5, 0.6) is 0 Å². The molecule has 0 bridgehead atoms. The molecule has 0 fully saturated rings. The number of rotatable bonds is 1. The minimum absolute atomic E-state index is 0.0498. The zero-order valence-electron chi connectivity index (χ0n) is 11.0. The van der Waals surface area contributed by atoms with E-state index in [4.69, 9.17) is 0 Å². The minimum atomic E-state index is -0.981. The number of benzene rings is 3. The summed E-state index contributed by atoms with van der Waals surface area (Å²) in [6, 6.07) is 16.1. The second-order valence-electron chi connectivity index (χ2n) is 5.07. The Kier molecular flexibility index (Phi) is 2.27. The topological polar surface area (TPSA) is 54.4 Å². The Hall–Kier alpha value is -2.94. The van der Waals surface area contributed by atoms with Gasteiger partial charge in [0.1, 0.15) is 0 Å². The second kappa shape index (κ2) is 4.03. The maximum absolute atomic E-state index is 12.6. The molecule has 21 heavy (non-hydrogen) atoms. The molecule has 0 unspecified atom stereocenters. The van der Waals surface area contributed by atoms with Gasteiger partial charge >= 0.3 is 5.97 Å². The molecule has 0 amide bonds. The fourth-order valence-electron chi connectivity index (χ4n) is 3.07. The van der Waals surface area contributed by atoms with Gasteiger partial charge in [0.2, 0.25) is 0 Å². The van der Waals surface area contributed by atoms with Gasteiger partial charge in [-0.2, -0.15) is 0 Å². The summed E-state index contributed by atoms with van der Waals surface area (Å²) >= 11 is 0. The summed E-state index contributed by atoms with van der Waals surface area (Å²) in [4.78, 5) is 24.0. The summed E-state index contributed by atoms with van der Waals surface area (Å²) < 4.78 is 0. The van der Waals surface area contributed by atoms with Crippen molar-refractivity contribution in [2.24, 2.45) is 0 Å². The fourth-order valence-corrected chi connectivity index (χ4v) is 3.07. The molecular formula is C18H10O3. The van der Waals surface area contributed by atoms with E-state index in [0.717, 1.165) is 16.5 Å². The van der Waals surface area contributed by atoms with Gasteiger partial charge in [0.25, 0.3) is 0 Å². The van der Waals surface area contributed by atoms with Crippen LogP contribution in [0.15, 0.2) is 54.6 Å². The highest BCUT2D eigenvalue weighted by Gasteiger charge is 2.26. The first-order chi connectivity index (χ1) is 10.2. The zero-order valence-corrected chi connectivity index (χ0v) is 11.0. The first kappa shape index (κ1) is 11.9. The Balaban J connectivity index is 2.23. The molecule has 3 nitrogen and oxygen atoms in total. The average Bonchev–Trinajstić information content (AvgIpc) is 2.51. The maximum Gasteiger partial charge on any atom is 0.336 e. The highest BCUT2D eigenvalue weighted by Crippen LogP contribution is 2.40. The summed E-state index contributed by atoms with van der Waals surface area (Å²) in [6.45, 7) is 0. The number of fused-ring (bicyclic) bond motifs is 2. The third-order valence-electron chi connectivity index (χ3n) is 3.98. The lowest BCUT2D eigenvalue weighted by molar-refractivity contribution is 0.0698. The van der Waals surface area contributed by atoms with Crippen LogP contribution in [0.4, 0.5) is 0 Å². The monoisotopic (exact) mass is 274 g/mol. The van der Waals surface area contributed by atoms with E-state index in [1.54, 1.807) is 30.3 Å². The molecule has 1 aliphatic rings. The largest absolute Gasteiger partial charge is 0.478 e. The molecule has 0 spiro atoms. The second-order valence-corrected chi connectivity index (χ2v) is 5.07. The van der Waals surface area contributed by atoms with E-state index in [1.807, 2.05) is 24.3 Å². The van der Waals surface area contributed by atoms with Crippen molar-refractivity contribution in [3.8, 4) is 11.1 Å². The Labute approximate surface area is 120 Å². The average molecular weight is 274 g/mol. The van der Waals surface area contributed by atoms with Gasteiger partial charge in [-0.05, 0) is 22.6 Å². The van der Waals surface area contributed by atoms with E-state index < -0.39 is 5.97 Å². The summed E-state index contributed by atoms with van der Waals surface area (Å²) in [5, 5.41) is 10.7. The molecule has 1 N–H and O–H groups in total. The maximum atomic E-state index is 12.6. The van der Waals surface area contributed by atoms with E-state index in [9.17, 15) is 14.7 Å². The van der Waals surface area contributed by atoms with Gasteiger partial charge in [-0.3, -0.25) is 4.79 Å². The molecule has 0 atom stereocenters. The van der Waals surface area contributed by atoms with Gasteiger partial charge in [0.05, 0.1) is 5.56 Å². The normalized spacial score (nSPS) is 12.3. The predicted octanol–water partition coefficient (Wildman–Crippen LogP) is 3.75. The Morgan fingerprint density at radius 1 is 0.762 bits per heavy atom. The van der Waals surface area contributed by atoms with Crippen LogP contribution in [-0.4, -0.2) is 16.9 Å². The van der Waals surface area contributed by atoms with E-state index in [1.165, 1.54) is 0 Å². The number of carboxylic acid groups (broad SMARTS) is 1. The molecule has 4 rings (SSSR count). The predicted molar refractivity (Wildman–Crippen MR) is 79.8 cm³/mol. The van der Waals surface area contributed by atoms with Crippen LogP contribution in [0.3, 0.4) is 0 Å². The Morgan fingerprint density at radius 2 is 1.48 bits per heavy atom. The van der Waals surface area contributed by atoms with Gasteiger partial charge in [-0.15, -0.1) is 0 Å². The van der Waals surface area contributed by atoms with Crippen molar-refractivity contribution in [1.29, 1.82) is 0 Å². The number of carbonyl (C=O) groups excluding carboxylic acids is 1. The molecule has 3 aromatic carbocycles. The highest BCUT2D eigenvalue weighted by molar-refractivity contribution is 6.27. The third kappa shape index (κ3) is 1.48. The van der Waals surface area contributed by atoms with Crippen LogP contribution in [0.2, 0.25) is 0 Å². The van der Waals surface area contributed by atoms with Crippen LogP contribution in [0.25, 0.3) is 21.9 Å². The molecule has 0 aromatic heterocycles. The van der Waals surface area contributed by atoms with Crippen molar-refractivity contribution in [3.63, 3.8) is 0 Å². The Morgan fingerprint density at radius 3 is 2.24 bits per heavy atom. The van der Waals surface area contributed by atoms with E-state index >= 15 is 0 Å². The first-order valence-electron chi connectivity index (χ1n) is 6.61. The van der Waals surface area contributed by atoms with Gasteiger partial charge in [0.15, 0.2) is 5.78 Å². The summed E-state index contributed by atoms with van der Waals surface area (Å²) in [6.07, 6.45) is 0. The van der Waals surface area contributed by atoms with E-state index in [2.05, 4.69) is 0 Å². The van der Waals surface area contributed by atoms with Crippen LogP contribution < -0.4 is 0 Å². The number of ketones is 1. The van der Waals surface area contributed by atoms with Crippen molar-refractivity contribution < 1.29 is 14.7 Å². The molecule has 0 saturated heterocycles. The van der Waals surface area contributed by atoms with Crippen molar-refractivity contribution in [1.82, 2.24) is 0 Å². The van der Waals surface area contributed by atoms with Crippen LogP contribution in [0.1, 0.15) is 26.3 Å². The molecule has 0 heterocycles. The standard InChI is InChI=1S/C18H10O3/c19-17-13-5-2-1-4-10(13)12-8-9-14(18(20)21)11-6-3-7-15(17)16(11)12/h1-9H,(H,20,21). The summed E-state index contributed by atoms with van der Waals surface area (Å²) in [7, 11) is 0. The molecule has 0 aliphatic heterocycles. The fraction of sp³-hybridized carbons (Fsp3) is 0. The molecule has 3 heteroatoms. The number of hydrogen-bond donors (Lipinski definition) is 1. The third-order valence-corrected chi connectivity index (χ3v) is 3.98. The minimum Gasteiger partial charge on any atom is -0.478 e. The molecule has 0 saturated carbocycles. The van der Waals surface area contributed by atoms with Crippen LogP contribution >= 0.6 is 0 Å². The Bertz CT molecular complexity index is 938. The van der Waals surface area contributed by atoms with Crippen molar-refractivity contribution in [2.45, 2.75) is 0 Å². The van der Waals surface area contributed by atoms with Gasteiger partial charge in [-0.25, -0.2) is 4.79 Å². The number of aromatic carboxylic acids is 1. The smallest absolute Gasteiger partial charge is 0.336 e. The number of carboxylic acids is 1. The first-order valence-corrected chi connectivity index (χ1v) is 6.61. The SMILES string of the molecule is O=C(O)c1ccc2c3c(cccc13)C(=O)c1ccccc1-2. The zero-order chi connectivity index (χ0) is 14.6. The number of carbonyl (C=O) groups is 2. The van der Waals surface area contributed by atoms with Crippen molar-refractivity contribution in [3.05, 3.63) is 71.3 Å². The molecule has 100 valence electrons. The van der Waals surface area contributed by atoms with Crippen molar-refractivity contribution in [2.75, 3.05) is 0 Å². The molecule has 3 aromatic rings. The number of hydrogen-bond acceptors (Lipinski definition) is 2. The van der Waals surface area contributed by atoms with Crippen LogP contribution in [-0.2, 0) is 0 Å². The summed E-state index contributed by atoms with van der Waals surface area (Å²) in [5.41, 5.74) is 3.25. The molecular weight excluding hydrogens is 264 g/mol. The van der Waals surface area contributed by atoms with E-state index in [0.29, 0.717) is 16.5 Å². The van der Waals surface area contributed by atoms with Crippen LogP contribution in [0, 0.1) is 0 Å². The van der Waals surface area contributed by atoms with Gasteiger partial charge in [-0.1, -0.05) is 48.5 Å². The molecule has 0 radical (unpaired) electrons. The lowest BCUT2D eigenvalue weighted by atomic mass is 9.82. The summed E-state index contributed by atoms with van der Waals surface area (Å²) in [5.74, 6) is -1.03. The quantitative estimate of drug-likeness (QED) is 0.575. The lowest BCUT2D eigenvalue weighted by Crippen LogP contribution is -2.11. The highest BCUT2D eigenvalue weighted by atomic mass is 16.4. The van der Waals surface area contributed by atoms with Crippen molar-refractivity contribution >= 4 is 22.5 Å². The molecule has 1 aliphatic carbocycles. The van der Waals surface area contributed by atoms with E-state index in [-0.39, 0.29) is 11.3 Å². The van der Waals surface area contributed by atoms with Gasteiger partial charge < -0.3 is 5.11 Å².